The molecule has 2 N–H and O–H groups in total. The van der Waals surface area contributed by atoms with Gasteiger partial charge >= 0.3 is 5.97 Å². The quantitative estimate of drug-likeness (QED) is 0.355. The van der Waals surface area contributed by atoms with Gasteiger partial charge in [0.25, 0.3) is 0 Å². The van der Waals surface area contributed by atoms with Gasteiger partial charge in [0.2, 0.25) is 0 Å². The Kier molecular flexibility index (Phi) is 14.5. The second-order valence-corrected chi connectivity index (χ2v) is 5.58. The molecule has 0 rings (SSSR count). The molecule has 21 heavy (non-hydrogen) atoms. The molecule has 0 aliphatic rings. The van der Waals surface area contributed by atoms with Crippen molar-refractivity contribution in [2.45, 2.75) is 83.7 Å². The standard InChI is InChI=1S/C18H32O3/c1-2-3-4-5-6-8-11-14-17(19)15-12-9-7-10-13-16-18(20)21/h6,8,11,14,17,19H,2-5,7,9-10,12-13,15-16H2,1H3,(H,20,21)/t17-/m1/s1. The summed E-state index contributed by atoms with van der Waals surface area (Å²) in [5, 5.41) is 18.3. The zero-order chi connectivity index (χ0) is 15.8. The second-order valence-electron chi connectivity index (χ2n) is 5.58. The molecule has 1 atom stereocenters. The van der Waals surface area contributed by atoms with E-state index in [1.807, 2.05) is 18.2 Å². The van der Waals surface area contributed by atoms with Crippen LogP contribution in [0.3, 0.4) is 0 Å². The Hall–Kier alpha value is -1.09. The van der Waals surface area contributed by atoms with Crippen molar-refractivity contribution < 1.29 is 15.0 Å². The van der Waals surface area contributed by atoms with Crippen molar-refractivity contribution in [1.29, 1.82) is 0 Å². The first-order chi connectivity index (χ1) is 10.2. The van der Waals surface area contributed by atoms with E-state index in [9.17, 15) is 9.90 Å². The number of aliphatic hydroxyl groups is 1. The molecule has 0 spiro atoms. The highest BCUT2D eigenvalue weighted by Crippen LogP contribution is 2.09. The summed E-state index contributed by atoms with van der Waals surface area (Å²) in [5.74, 6) is -0.710. The third-order valence-corrected chi connectivity index (χ3v) is 3.45. The molecule has 0 amide bonds. The lowest BCUT2D eigenvalue weighted by atomic mass is 10.1. The highest BCUT2D eigenvalue weighted by molar-refractivity contribution is 5.66. The van der Waals surface area contributed by atoms with Gasteiger partial charge in [0.05, 0.1) is 6.10 Å². The predicted molar refractivity (Wildman–Crippen MR) is 88.4 cm³/mol. The molecule has 0 heterocycles. The molecular formula is C18H32O3. The van der Waals surface area contributed by atoms with Crippen molar-refractivity contribution in [2.75, 3.05) is 0 Å². The van der Waals surface area contributed by atoms with Crippen LogP contribution in [0.2, 0.25) is 0 Å². The van der Waals surface area contributed by atoms with Gasteiger partial charge in [-0.25, -0.2) is 0 Å². The summed E-state index contributed by atoms with van der Waals surface area (Å²) in [4.78, 5) is 10.3. The minimum absolute atomic E-state index is 0.274. The Morgan fingerprint density at radius 3 is 2.43 bits per heavy atom. The Morgan fingerprint density at radius 1 is 1.00 bits per heavy atom. The topological polar surface area (TPSA) is 57.5 Å². The SMILES string of the molecule is CCCCCC=CC=C[C@@H](O)CCCCCCCC(=O)O. The average molecular weight is 296 g/mol. The Morgan fingerprint density at radius 2 is 1.71 bits per heavy atom. The highest BCUT2D eigenvalue weighted by atomic mass is 16.4. The van der Waals surface area contributed by atoms with Crippen LogP contribution in [0.25, 0.3) is 0 Å². The summed E-state index contributed by atoms with van der Waals surface area (Å²) in [6.07, 6.45) is 18.4. The first kappa shape index (κ1) is 19.9. The van der Waals surface area contributed by atoms with E-state index >= 15 is 0 Å². The number of unbranched alkanes of at least 4 members (excludes halogenated alkanes) is 7. The van der Waals surface area contributed by atoms with Crippen molar-refractivity contribution in [3.63, 3.8) is 0 Å². The largest absolute Gasteiger partial charge is 0.481 e. The van der Waals surface area contributed by atoms with Crippen molar-refractivity contribution in [1.82, 2.24) is 0 Å². The van der Waals surface area contributed by atoms with E-state index in [0.29, 0.717) is 0 Å². The fourth-order valence-corrected chi connectivity index (χ4v) is 2.14. The Labute approximate surface area is 129 Å². The third-order valence-electron chi connectivity index (χ3n) is 3.45. The summed E-state index contributed by atoms with van der Waals surface area (Å²) < 4.78 is 0. The zero-order valence-electron chi connectivity index (χ0n) is 13.5. The average Bonchev–Trinajstić information content (AvgIpc) is 2.45. The van der Waals surface area contributed by atoms with Crippen molar-refractivity contribution >= 4 is 5.97 Å². The lowest BCUT2D eigenvalue weighted by Crippen LogP contribution is -2.01. The minimum atomic E-state index is -0.710. The third kappa shape index (κ3) is 16.9. The normalized spacial score (nSPS) is 13.2. The number of hydrogen-bond donors (Lipinski definition) is 2. The molecule has 3 nitrogen and oxygen atoms in total. The fourth-order valence-electron chi connectivity index (χ4n) is 2.14. The number of carboxylic acids is 1. The minimum Gasteiger partial charge on any atom is -0.481 e. The lowest BCUT2D eigenvalue weighted by molar-refractivity contribution is -0.137. The van der Waals surface area contributed by atoms with Crippen LogP contribution in [0.4, 0.5) is 0 Å². The van der Waals surface area contributed by atoms with Gasteiger partial charge in [0.1, 0.15) is 0 Å². The molecule has 0 bridgehead atoms. The number of allylic oxidation sites excluding steroid dienone is 3. The predicted octanol–water partition coefficient (Wildman–Crippen LogP) is 4.86. The van der Waals surface area contributed by atoms with Crippen LogP contribution < -0.4 is 0 Å². The van der Waals surface area contributed by atoms with Crippen molar-refractivity contribution in [2.24, 2.45) is 0 Å². The maximum Gasteiger partial charge on any atom is 0.303 e. The zero-order valence-corrected chi connectivity index (χ0v) is 13.5. The second kappa shape index (κ2) is 15.3. The summed E-state index contributed by atoms with van der Waals surface area (Å²) in [5.41, 5.74) is 0. The number of carboxylic acid groups (broad SMARTS) is 1. The summed E-state index contributed by atoms with van der Waals surface area (Å²) in [7, 11) is 0. The van der Waals surface area contributed by atoms with Crippen LogP contribution in [-0.2, 0) is 4.79 Å². The van der Waals surface area contributed by atoms with Crippen LogP contribution in [0.15, 0.2) is 24.3 Å². The van der Waals surface area contributed by atoms with Gasteiger partial charge in [0.15, 0.2) is 0 Å². The summed E-state index contributed by atoms with van der Waals surface area (Å²) in [6.45, 7) is 2.20. The fraction of sp³-hybridized carbons (Fsp3) is 0.722. The maximum atomic E-state index is 10.3. The van der Waals surface area contributed by atoms with Crippen LogP contribution in [0.1, 0.15) is 77.6 Å². The van der Waals surface area contributed by atoms with Gasteiger partial charge in [-0.15, -0.1) is 0 Å². The first-order valence-electron chi connectivity index (χ1n) is 8.40. The molecule has 0 fully saturated rings. The van der Waals surface area contributed by atoms with Gasteiger partial charge in [0, 0.05) is 6.42 Å². The van der Waals surface area contributed by atoms with E-state index < -0.39 is 5.97 Å². The first-order valence-corrected chi connectivity index (χ1v) is 8.40. The van der Waals surface area contributed by atoms with E-state index in [2.05, 4.69) is 13.0 Å². The molecule has 0 aliphatic heterocycles. The molecule has 122 valence electrons. The van der Waals surface area contributed by atoms with Gasteiger partial charge in [-0.05, 0) is 25.7 Å². The highest BCUT2D eigenvalue weighted by Gasteiger charge is 1.99. The Balaban J connectivity index is 3.40. The van der Waals surface area contributed by atoms with Crippen LogP contribution in [-0.4, -0.2) is 22.3 Å². The molecule has 0 aliphatic carbocycles. The van der Waals surface area contributed by atoms with Gasteiger partial charge in [-0.2, -0.15) is 0 Å². The molecule has 0 aromatic rings. The molecular weight excluding hydrogens is 264 g/mol. The van der Waals surface area contributed by atoms with E-state index in [1.54, 1.807) is 0 Å². The number of carbonyl (C=O) groups is 1. The van der Waals surface area contributed by atoms with Crippen LogP contribution in [0, 0.1) is 0 Å². The number of rotatable bonds is 14. The van der Waals surface area contributed by atoms with E-state index in [1.165, 1.54) is 19.3 Å². The van der Waals surface area contributed by atoms with Crippen molar-refractivity contribution in [3.05, 3.63) is 24.3 Å². The van der Waals surface area contributed by atoms with E-state index in [0.717, 1.165) is 44.9 Å². The van der Waals surface area contributed by atoms with Crippen LogP contribution in [0.5, 0.6) is 0 Å². The summed E-state index contributed by atoms with van der Waals surface area (Å²) >= 11 is 0. The smallest absolute Gasteiger partial charge is 0.303 e. The van der Waals surface area contributed by atoms with E-state index in [-0.39, 0.29) is 12.5 Å². The van der Waals surface area contributed by atoms with E-state index in [4.69, 9.17) is 5.11 Å². The van der Waals surface area contributed by atoms with Crippen molar-refractivity contribution in [3.8, 4) is 0 Å². The number of aliphatic carboxylic acids is 1. The number of hydrogen-bond acceptors (Lipinski definition) is 2. The molecule has 0 saturated heterocycles. The number of aliphatic hydroxyl groups excluding tert-OH is 1. The van der Waals surface area contributed by atoms with Crippen LogP contribution >= 0.6 is 0 Å². The van der Waals surface area contributed by atoms with Gasteiger partial charge in [-0.1, -0.05) is 69.8 Å². The molecule has 0 aromatic carbocycles. The van der Waals surface area contributed by atoms with Gasteiger partial charge < -0.3 is 10.2 Å². The summed E-state index contributed by atoms with van der Waals surface area (Å²) in [6, 6.07) is 0. The molecule has 0 radical (unpaired) electrons. The van der Waals surface area contributed by atoms with Gasteiger partial charge in [-0.3, -0.25) is 4.79 Å². The monoisotopic (exact) mass is 296 g/mol. The molecule has 0 saturated carbocycles. The maximum absolute atomic E-state index is 10.3. The Bertz CT molecular complexity index is 295. The molecule has 0 aromatic heterocycles. The lowest BCUT2D eigenvalue weighted by Gasteiger charge is -2.04. The molecule has 0 unspecified atom stereocenters. The molecule has 3 heteroatoms.